The molecule has 0 aliphatic carbocycles. The van der Waals surface area contributed by atoms with Gasteiger partial charge in [0.15, 0.2) is 0 Å². The largest absolute Gasteiger partial charge is 0.377 e. The van der Waals surface area contributed by atoms with Crippen molar-refractivity contribution < 1.29 is 4.74 Å². The fourth-order valence-electron chi connectivity index (χ4n) is 1.55. The van der Waals surface area contributed by atoms with Gasteiger partial charge in [0.25, 0.3) is 0 Å². The minimum Gasteiger partial charge on any atom is -0.377 e. The highest BCUT2D eigenvalue weighted by Gasteiger charge is 2.32. The average molecular weight is 212 g/mol. The van der Waals surface area contributed by atoms with E-state index in [1.165, 1.54) is 0 Å². The van der Waals surface area contributed by atoms with Crippen LogP contribution in [-0.4, -0.2) is 22.3 Å². The third-order valence-corrected chi connectivity index (χ3v) is 2.73. The van der Waals surface area contributed by atoms with E-state index in [1.54, 1.807) is 13.3 Å². The third-order valence-electron chi connectivity index (χ3n) is 2.73. The first kappa shape index (κ1) is 12.2. The minimum absolute atomic E-state index is 0.127. The lowest BCUT2D eigenvalue weighted by Gasteiger charge is -2.32. The van der Waals surface area contributed by atoms with Crippen molar-refractivity contribution in [3.8, 4) is 0 Å². The number of nitrogens with one attached hydrogen (secondary N) is 1. The topological polar surface area (TPSA) is 65.1 Å². The number of hydrazine groups is 1. The van der Waals surface area contributed by atoms with Crippen LogP contribution in [0.15, 0.2) is 12.4 Å². The molecule has 1 atom stereocenters. The summed E-state index contributed by atoms with van der Waals surface area (Å²) in [6.45, 7) is 6.89. The lowest BCUT2D eigenvalue weighted by Crippen LogP contribution is -2.45. The molecule has 0 aliphatic heterocycles. The van der Waals surface area contributed by atoms with Crippen LogP contribution < -0.4 is 11.3 Å². The molecular formula is C10H20N4O. The Labute approximate surface area is 90.6 Å². The first-order valence-electron chi connectivity index (χ1n) is 5.09. The highest BCUT2D eigenvalue weighted by molar-refractivity contribution is 5.05. The lowest BCUT2D eigenvalue weighted by molar-refractivity contribution is -0.0144. The molecule has 15 heavy (non-hydrogen) atoms. The molecule has 1 aromatic rings. The van der Waals surface area contributed by atoms with Gasteiger partial charge in [-0.25, -0.2) is 10.4 Å². The maximum absolute atomic E-state index is 5.57. The van der Waals surface area contributed by atoms with Gasteiger partial charge in [-0.05, 0) is 20.8 Å². The van der Waals surface area contributed by atoms with Crippen molar-refractivity contribution in [1.29, 1.82) is 0 Å². The molecule has 3 N–H and O–H groups in total. The van der Waals surface area contributed by atoms with E-state index in [4.69, 9.17) is 10.6 Å². The van der Waals surface area contributed by atoms with Crippen molar-refractivity contribution >= 4 is 0 Å². The summed E-state index contributed by atoms with van der Waals surface area (Å²) in [4.78, 5) is 4.31. The van der Waals surface area contributed by atoms with Gasteiger partial charge in [-0.1, -0.05) is 0 Å². The number of hydrogen-bond donors (Lipinski definition) is 2. The summed E-state index contributed by atoms with van der Waals surface area (Å²) in [5.74, 6) is 6.46. The summed E-state index contributed by atoms with van der Waals surface area (Å²) in [5.41, 5.74) is 2.37. The molecule has 0 amide bonds. The van der Waals surface area contributed by atoms with Crippen molar-refractivity contribution in [3.05, 3.63) is 18.2 Å². The number of aromatic nitrogens is 2. The summed E-state index contributed by atoms with van der Waals surface area (Å²) >= 11 is 0. The molecule has 5 heteroatoms. The fourth-order valence-corrected chi connectivity index (χ4v) is 1.55. The van der Waals surface area contributed by atoms with E-state index in [0.717, 1.165) is 12.4 Å². The van der Waals surface area contributed by atoms with Crippen molar-refractivity contribution in [2.75, 3.05) is 7.11 Å². The van der Waals surface area contributed by atoms with E-state index in [1.807, 2.05) is 24.6 Å². The van der Waals surface area contributed by atoms with E-state index < -0.39 is 5.60 Å². The van der Waals surface area contributed by atoms with Crippen molar-refractivity contribution in [1.82, 2.24) is 15.0 Å². The first-order valence-corrected chi connectivity index (χ1v) is 5.09. The zero-order valence-electron chi connectivity index (χ0n) is 9.82. The van der Waals surface area contributed by atoms with Gasteiger partial charge in [0, 0.05) is 26.0 Å². The van der Waals surface area contributed by atoms with Crippen LogP contribution in [0, 0.1) is 0 Å². The Bertz CT molecular complexity index is 308. The zero-order valence-corrected chi connectivity index (χ0v) is 9.82. The number of aryl methyl sites for hydroxylation is 1. The molecule has 1 heterocycles. The Morgan fingerprint density at radius 3 is 2.80 bits per heavy atom. The van der Waals surface area contributed by atoms with Gasteiger partial charge in [0.1, 0.15) is 11.9 Å². The SMILES string of the molecule is CCn1ccnc1C(NN)C(C)(C)OC. The smallest absolute Gasteiger partial charge is 0.130 e. The van der Waals surface area contributed by atoms with Gasteiger partial charge in [-0.15, -0.1) is 0 Å². The minimum atomic E-state index is -0.396. The quantitative estimate of drug-likeness (QED) is 0.560. The fraction of sp³-hybridized carbons (Fsp3) is 0.700. The summed E-state index contributed by atoms with van der Waals surface area (Å²) in [6.07, 6.45) is 3.71. The Hall–Kier alpha value is -0.910. The summed E-state index contributed by atoms with van der Waals surface area (Å²) in [6, 6.07) is -0.127. The molecule has 0 spiro atoms. The van der Waals surface area contributed by atoms with Crippen molar-refractivity contribution in [3.63, 3.8) is 0 Å². The number of hydrogen-bond acceptors (Lipinski definition) is 4. The van der Waals surface area contributed by atoms with Gasteiger partial charge >= 0.3 is 0 Å². The number of nitrogens with zero attached hydrogens (tertiary/aromatic N) is 2. The van der Waals surface area contributed by atoms with Gasteiger partial charge in [-0.2, -0.15) is 0 Å². The monoisotopic (exact) mass is 212 g/mol. The van der Waals surface area contributed by atoms with E-state index in [2.05, 4.69) is 17.3 Å². The van der Waals surface area contributed by atoms with Crippen LogP contribution in [0.2, 0.25) is 0 Å². The Kier molecular flexibility index (Phi) is 3.84. The van der Waals surface area contributed by atoms with E-state index >= 15 is 0 Å². The Balaban J connectivity index is 3.02. The average Bonchev–Trinajstić information content (AvgIpc) is 2.66. The Morgan fingerprint density at radius 2 is 2.33 bits per heavy atom. The molecule has 0 radical (unpaired) electrons. The molecule has 0 aliphatic rings. The van der Waals surface area contributed by atoms with Crippen LogP contribution in [-0.2, 0) is 11.3 Å². The summed E-state index contributed by atoms with van der Waals surface area (Å²) < 4.78 is 7.47. The second-order valence-electron chi connectivity index (χ2n) is 3.98. The number of methoxy groups -OCH3 is 1. The normalized spacial score (nSPS) is 14.2. The van der Waals surface area contributed by atoms with E-state index in [0.29, 0.717) is 0 Å². The van der Waals surface area contributed by atoms with Crippen LogP contribution in [0.3, 0.4) is 0 Å². The highest BCUT2D eigenvalue weighted by Crippen LogP contribution is 2.26. The molecule has 1 unspecified atom stereocenters. The van der Waals surface area contributed by atoms with Crippen LogP contribution in [0.1, 0.15) is 32.6 Å². The molecule has 0 aromatic carbocycles. The van der Waals surface area contributed by atoms with Crippen LogP contribution in [0.5, 0.6) is 0 Å². The molecule has 1 aromatic heterocycles. The standard InChI is InChI=1S/C10H20N4O/c1-5-14-7-6-12-9(14)8(13-11)10(2,3)15-4/h6-8,13H,5,11H2,1-4H3. The molecule has 0 saturated heterocycles. The van der Waals surface area contributed by atoms with E-state index in [-0.39, 0.29) is 6.04 Å². The molecule has 1 rings (SSSR count). The molecule has 5 nitrogen and oxygen atoms in total. The number of imidazole rings is 1. The molecular weight excluding hydrogens is 192 g/mol. The lowest BCUT2D eigenvalue weighted by atomic mass is 9.98. The summed E-state index contributed by atoms with van der Waals surface area (Å²) in [5, 5.41) is 0. The molecule has 0 bridgehead atoms. The molecule has 86 valence electrons. The number of nitrogens with two attached hydrogens (primary N) is 1. The van der Waals surface area contributed by atoms with Gasteiger partial charge in [-0.3, -0.25) is 5.84 Å². The number of ether oxygens (including phenoxy) is 1. The third kappa shape index (κ3) is 2.37. The van der Waals surface area contributed by atoms with Crippen molar-refractivity contribution in [2.45, 2.75) is 39.0 Å². The summed E-state index contributed by atoms with van der Waals surface area (Å²) in [7, 11) is 1.67. The zero-order chi connectivity index (χ0) is 11.5. The van der Waals surface area contributed by atoms with Crippen LogP contribution in [0.25, 0.3) is 0 Å². The van der Waals surface area contributed by atoms with Gasteiger partial charge in [0.05, 0.1) is 5.60 Å². The van der Waals surface area contributed by atoms with E-state index in [9.17, 15) is 0 Å². The van der Waals surface area contributed by atoms with Crippen molar-refractivity contribution in [2.24, 2.45) is 5.84 Å². The number of rotatable bonds is 5. The first-order chi connectivity index (χ1) is 7.06. The van der Waals surface area contributed by atoms with Crippen LogP contribution in [0.4, 0.5) is 0 Å². The van der Waals surface area contributed by atoms with Gasteiger partial charge in [0.2, 0.25) is 0 Å². The maximum atomic E-state index is 5.57. The molecule has 0 fully saturated rings. The second-order valence-corrected chi connectivity index (χ2v) is 3.98. The van der Waals surface area contributed by atoms with Gasteiger partial charge < -0.3 is 9.30 Å². The Morgan fingerprint density at radius 1 is 1.67 bits per heavy atom. The highest BCUT2D eigenvalue weighted by atomic mass is 16.5. The predicted octanol–water partition coefficient (Wildman–Crippen LogP) is 0.832. The second kappa shape index (κ2) is 4.74. The molecule has 0 saturated carbocycles. The maximum Gasteiger partial charge on any atom is 0.130 e. The predicted molar refractivity (Wildman–Crippen MR) is 59.1 cm³/mol. The van der Waals surface area contributed by atoms with Crippen LogP contribution >= 0.6 is 0 Å².